The van der Waals surface area contributed by atoms with Gasteiger partial charge in [-0.2, -0.15) is 0 Å². The average Bonchev–Trinajstić information content (AvgIpc) is 3.34. The first kappa shape index (κ1) is 26.4. The lowest BCUT2D eigenvalue weighted by atomic mass is 9.97. The van der Waals surface area contributed by atoms with Crippen LogP contribution in [-0.4, -0.2) is 22.0 Å². The van der Waals surface area contributed by atoms with E-state index in [0.29, 0.717) is 12.0 Å². The Kier molecular flexibility index (Phi) is 7.91. The van der Waals surface area contributed by atoms with Gasteiger partial charge in [0.05, 0.1) is 6.04 Å². The molecule has 0 saturated heterocycles. The highest BCUT2D eigenvalue weighted by Crippen LogP contribution is 2.31. The lowest BCUT2D eigenvalue weighted by Crippen LogP contribution is -2.33. The minimum absolute atomic E-state index is 0.119. The molecule has 1 unspecified atom stereocenters. The third-order valence-corrected chi connectivity index (χ3v) is 7.42. The second kappa shape index (κ2) is 11.7. The Bertz CT molecular complexity index is 1600. The number of carboxylic acids is 1. The van der Waals surface area contributed by atoms with Gasteiger partial charge in [0.25, 0.3) is 0 Å². The van der Waals surface area contributed by atoms with Gasteiger partial charge in [-0.3, -0.25) is 4.79 Å². The van der Waals surface area contributed by atoms with E-state index in [9.17, 15) is 14.7 Å². The van der Waals surface area contributed by atoms with Crippen LogP contribution in [0.1, 0.15) is 40.9 Å². The molecule has 7 heteroatoms. The van der Waals surface area contributed by atoms with Crippen molar-refractivity contribution in [3.05, 3.63) is 130 Å². The predicted octanol–water partition coefficient (Wildman–Crippen LogP) is 6.52. The molecule has 39 heavy (non-hydrogen) atoms. The molecule has 1 heterocycles. The number of hydrogen-bond acceptors (Lipinski definition) is 3. The molecule has 0 spiro atoms. The van der Waals surface area contributed by atoms with Crippen LogP contribution in [0.3, 0.4) is 0 Å². The molecule has 1 aromatic heterocycles. The Balaban J connectivity index is 1.33. The van der Waals surface area contributed by atoms with E-state index in [1.807, 2.05) is 91.0 Å². The topological polar surface area (TPSA) is 108 Å². The third kappa shape index (κ3) is 5.95. The molecule has 2 atom stereocenters. The number of halogens is 1. The van der Waals surface area contributed by atoms with Gasteiger partial charge in [-0.05, 0) is 52.4 Å². The first-order valence-corrected chi connectivity index (χ1v) is 13.5. The maximum Gasteiger partial charge on any atom is 0.330 e. The molecule has 0 bridgehead atoms. The molecule has 1 amide bonds. The summed E-state index contributed by atoms with van der Waals surface area (Å²) in [7, 11) is 0. The minimum atomic E-state index is -1.14. The Morgan fingerprint density at radius 2 is 1.44 bits per heavy atom. The molecule has 196 valence electrons. The summed E-state index contributed by atoms with van der Waals surface area (Å²) >= 11 is 3.46. The van der Waals surface area contributed by atoms with Crippen molar-refractivity contribution in [1.82, 2.24) is 10.3 Å². The number of aromatic amines is 1. The zero-order valence-corrected chi connectivity index (χ0v) is 22.7. The summed E-state index contributed by atoms with van der Waals surface area (Å²) < 4.78 is 0.967. The van der Waals surface area contributed by atoms with Gasteiger partial charge in [0.2, 0.25) is 5.91 Å². The largest absolute Gasteiger partial charge is 0.479 e. The number of aliphatic carboxylic acids is 1. The molecule has 0 aliphatic rings. The van der Waals surface area contributed by atoms with E-state index in [-0.39, 0.29) is 12.3 Å². The molecular weight excluding hydrogens is 554 g/mol. The highest BCUT2D eigenvalue weighted by atomic mass is 79.9. The van der Waals surface area contributed by atoms with Crippen molar-refractivity contribution in [2.45, 2.75) is 24.9 Å². The standard InChI is InChI=1S/C32H28BrN3O3/c33-24-16-14-22(15-17-24)29(34)31-26(25-8-4-5-9-27(25)35-31)18-19-28(37)36-30(32(38)39)23-12-10-21(11-13-23)20-6-2-1-3-7-20/h1-17,29-30,35H,18-19,34H2,(H,36,37)(H,38,39)/t29-,30?/m1/s1. The third-order valence-electron chi connectivity index (χ3n) is 6.89. The lowest BCUT2D eigenvalue weighted by Gasteiger charge is -2.17. The molecule has 5 N–H and O–H groups in total. The summed E-state index contributed by atoms with van der Waals surface area (Å²) in [6.45, 7) is 0. The first-order valence-electron chi connectivity index (χ1n) is 12.7. The molecule has 4 aromatic carbocycles. The second-order valence-electron chi connectivity index (χ2n) is 9.42. The minimum Gasteiger partial charge on any atom is -0.479 e. The number of aryl methyl sites for hydroxylation is 1. The number of H-pyrrole nitrogens is 1. The first-order chi connectivity index (χ1) is 18.9. The normalized spacial score (nSPS) is 12.7. The van der Waals surface area contributed by atoms with Gasteiger partial charge >= 0.3 is 5.97 Å². The average molecular weight is 582 g/mol. The van der Waals surface area contributed by atoms with Crippen LogP contribution in [0.2, 0.25) is 0 Å². The summed E-state index contributed by atoms with van der Waals surface area (Å²) in [6.07, 6.45) is 0.530. The number of fused-ring (bicyclic) bond motifs is 1. The quantitative estimate of drug-likeness (QED) is 0.159. The maximum absolute atomic E-state index is 13.0. The van der Waals surface area contributed by atoms with Gasteiger partial charge in [-0.25, -0.2) is 4.79 Å². The summed E-state index contributed by atoms with van der Waals surface area (Å²) in [4.78, 5) is 28.5. The van der Waals surface area contributed by atoms with Crippen LogP contribution < -0.4 is 11.1 Å². The van der Waals surface area contributed by atoms with Gasteiger partial charge in [-0.1, -0.05) is 101 Å². The summed E-state index contributed by atoms with van der Waals surface area (Å²) in [5.74, 6) is -1.45. The number of carboxylic acid groups (broad SMARTS) is 1. The van der Waals surface area contributed by atoms with Crippen molar-refractivity contribution in [1.29, 1.82) is 0 Å². The van der Waals surface area contributed by atoms with Crippen LogP contribution in [0.25, 0.3) is 22.0 Å². The number of para-hydroxylation sites is 1. The lowest BCUT2D eigenvalue weighted by molar-refractivity contribution is -0.142. The Morgan fingerprint density at radius 3 is 2.13 bits per heavy atom. The van der Waals surface area contributed by atoms with Crippen molar-refractivity contribution in [2.75, 3.05) is 0 Å². The van der Waals surface area contributed by atoms with Gasteiger partial charge in [-0.15, -0.1) is 0 Å². The highest BCUT2D eigenvalue weighted by Gasteiger charge is 2.24. The molecular formula is C32H28BrN3O3. The second-order valence-corrected chi connectivity index (χ2v) is 10.3. The smallest absolute Gasteiger partial charge is 0.330 e. The fourth-order valence-corrected chi connectivity index (χ4v) is 5.11. The van der Waals surface area contributed by atoms with Gasteiger partial charge in [0.15, 0.2) is 6.04 Å². The van der Waals surface area contributed by atoms with Gasteiger partial charge in [0.1, 0.15) is 0 Å². The molecule has 6 nitrogen and oxygen atoms in total. The maximum atomic E-state index is 13.0. The van der Waals surface area contributed by atoms with Crippen molar-refractivity contribution in [3.8, 4) is 11.1 Å². The number of rotatable bonds is 9. The van der Waals surface area contributed by atoms with Crippen LogP contribution in [0.15, 0.2) is 108 Å². The number of carbonyl (C=O) groups is 2. The van der Waals surface area contributed by atoms with Crippen LogP contribution in [0.4, 0.5) is 0 Å². The van der Waals surface area contributed by atoms with Gasteiger partial charge < -0.3 is 21.1 Å². The van der Waals surface area contributed by atoms with E-state index in [1.165, 1.54) is 0 Å². The van der Waals surface area contributed by atoms with Crippen LogP contribution in [0.5, 0.6) is 0 Å². The van der Waals surface area contributed by atoms with E-state index in [1.54, 1.807) is 12.1 Å². The summed E-state index contributed by atoms with van der Waals surface area (Å²) in [5.41, 5.74) is 12.9. The van der Waals surface area contributed by atoms with E-state index >= 15 is 0 Å². The number of hydrogen-bond donors (Lipinski definition) is 4. The Morgan fingerprint density at radius 1 is 0.821 bits per heavy atom. The summed E-state index contributed by atoms with van der Waals surface area (Å²) in [6, 6.07) is 31.2. The number of benzene rings is 4. The number of carbonyl (C=O) groups excluding carboxylic acids is 1. The zero-order chi connectivity index (χ0) is 27.4. The van der Waals surface area contributed by atoms with Crippen molar-refractivity contribution >= 4 is 38.7 Å². The summed E-state index contributed by atoms with van der Waals surface area (Å²) in [5, 5.41) is 13.6. The highest BCUT2D eigenvalue weighted by molar-refractivity contribution is 9.10. The van der Waals surface area contributed by atoms with E-state index < -0.39 is 18.1 Å². The molecule has 0 aliphatic heterocycles. The number of aromatic nitrogens is 1. The Hall–Kier alpha value is -4.20. The molecule has 5 rings (SSSR count). The van der Waals surface area contributed by atoms with Crippen molar-refractivity contribution in [3.63, 3.8) is 0 Å². The molecule has 0 aliphatic carbocycles. The van der Waals surface area contributed by atoms with Crippen LogP contribution in [0, 0.1) is 0 Å². The van der Waals surface area contributed by atoms with Crippen molar-refractivity contribution < 1.29 is 14.7 Å². The number of amides is 1. The fraction of sp³-hybridized carbons (Fsp3) is 0.125. The Labute approximate surface area is 235 Å². The van der Waals surface area contributed by atoms with E-state index in [2.05, 4.69) is 26.2 Å². The van der Waals surface area contributed by atoms with Gasteiger partial charge in [0, 0.05) is 27.5 Å². The fourth-order valence-electron chi connectivity index (χ4n) is 4.85. The zero-order valence-electron chi connectivity index (χ0n) is 21.1. The number of nitrogens with two attached hydrogens (primary N) is 1. The van der Waals surface area contributed by atoms with Crippen LogP contribution >= 0.6 is 15.9 Å². The van der Waals surface area contributed by atoms with Crippen molar-refractivity contribution in [2.24, 2.45) is 5.73 Å². The molecule has 5 aromatic rings. The molecule has 0 fully saturated rings. The monoisotopic (exact) mass is 581 g/mol. The van der Waals surface area contributed by atoms with Crippen LogP contribution in [-0.2, 0) is 16.0 Å². The number of nitrogens with one attached hydrogen (secondary N) is 2. The SMILES string of the molecule is N[C@H](c1ccc(Br)cc1)c1[nH]c2ccccc2c1CCC(=O)NC(C(=O)O)c1ccc(-c2ccccc2)cc1. The molecule has 0 saturated carbocycles. The van der Waals surface area contributed by atoms with E-state index in [0.717, 1.165) is 43.3 Å². The predicted molar refractivity (Wildman–Crippen MR) is 157 cm³/mol. The van der Waals surface area contributed by atoms with E-state index in [4.69, 9.17) is 5.73 Å². The molecule has 0 radical (unpaired) electrons.